The number of nitrogens with zero attached hydrogens (tertiary/aromatic N) is 2. The predicted octanol–water partition coefficient (Wildman–Crippen LogP) is 3.37. The summed E-state index contributed by atoms with van der Waals surface area (Å²) >= 11 is 0. The quantitative estimate of drug-likeness (QED) is 0.460. The minimum Gasteiger partial charge on any atom is -0.393 e. The van der Waals surface area contributed by atoms with Crippen LogP contribution in [0.2, 0.25) is 0 Å². The lowest BCUT2D eigenvalue weighted by Crippen LogP contribution is -2.67. The Labute approximate surface area is 243 Å². The van der Waals surface area contributed by atoms with E-state index in [4.69, 9.17) is 0 Å². The van der Waals surface area contributed by atoms with Gasteiger partial charge in [0, 0.05) is 24.8 Å². The molecule has 3 atom stereocenters. The van der Waals surface area contributed by atoms with Gasteiger partial charge >= 0.3 is 0 Å². The van der Waals surface area contributed by atoms with Gasteiger partial charge in [0.15, 0.2) is 0 Å². The van der Waals surface area contributed by atoms with Crippen LogP contribution in [0.4, 0.5) is 5.69 Å². The van der Waals surface area contributed by atoms with Crippen molar-refractivity contribution in [2.45, 2.75) is 90.1 Å². The summed E-state index contributed by atoms with van der Waals surface area (Å²) in [6.45, 7) is 9.40. The zero-order valence-electron chi connectivity index (χ0n) is 24.7. The van der Waals surface area contributed by atoms with Crippen LogP contribution in [0.3, 0.4) is 0 Å². The molecular formula is C33H44N4O4. The highest BCUT2D eigenvalue weighted by molar-refractivity contribution is 6.00. The molecule has 3 N–H and O–H groups in total. The zero-order valence-corrected chi connectivity index (χ0v) is 24.7. The number of piperidine rings is 1. The number of aliphatic hydroxyl groups excluding tert-OH is 1. The molecule has 1 aliphatic carbocycles. The maximum absolute atomic E-state index is 14.5. The fraction of sp³-hybridized carbons (Fsp3) is 0.545. The maximum Gasteiger partial charge on any atom is 0.247 e. The maximum atomic E-state index is 14.5. The van der Waals surface area contributed by atoms with Crippen molar-refractivity contribution in [2.24, 2.45) is 11.8 Å². The Morgan fingerprint density at radius 3 is 2.15 bits per heavy atom. The van der Waals surface area contributed by atoms with Crippen molar-refractivity contribution in [1.82, 2.24) is 15.5 Å². The second-order valence-electron chi connectivity index (χ2n) is 12.7. The van der Waals surface area contributed by atoms with Gasteiger partial charge in [-0.25, -0.2) is 0 Å². The van der Waals surface area contributed by atoms with E-state index in [0.717, 1.165) is 44.5 Å². The standard InChI is InChI=1S/C33H44N4O4/c1-20(2)17-28-31(39)35-29(25-18-23-7-5-6-8-24(23)19-25)33(41)37(28)30(32(40)34-21(3)4)22-9-11-26(12-10-22)36-15-13-27(38)14-16-36/h5-12,20-21,25,27-30,38H,13-19H2,1-4H3,(H,34,40)(H,35,39). The van der Waals surface area contributed by atoms with Crippen molar-refractivity contribution in [3.8, 4) is 0 Å². The van der Waals surface area contributed by atoms with Gasteiger partial charge in [-0.05, 0) is 86.6 Å². The average Bonchev–Trinajstić information content (AvgIpc) is 3.36. The van der Waals surface area contributed by atoms with Crippen LogP contribution in [0.1, 0.15) is 69.7 Å². The minimum absolute atomic E-state index is 0.0583. The highest BCUT2D eigenvalue weighted by atomic mass is 16.3. The van der Waals surface area contributed by atoms with Crippen molar-refractivity contribution in [1.29, 1.82) is 0 Å². The first kappa shape index (κ1) is 29.1. The van der Waals surface area contributed by atoms with E-state index in [1.165, 1.54) is 11.1 Å². The highest BCUT2D eigenvalue weighted by Crippen LogP contribution is 2.36. The van der Waals surface area contributed by atoms with Crippen LogP contribution in [-0.2, 0) is 27.2 Å². The van der Waals surface area contributed by atoms with E-state index in [-0.39, 0.29) is 41.7 Å². The monoisotopic (exact) mass is 560 g/mol. The van der Waals surface area contributed by atoms with Crippen LogP contribution in [0.5, 0.6) is 0 Å². The molecule has 2 aromatic carbocycles. The molecule has 0 spiro atoms. The molecule has 8 nitrogen and oxygen atoms in total. The summed E-state index contributed by atoms with van der Waals surface area (Å²) < 4.78 is 0. The van der Waals surface area contributed by atoms with E-state index in [0.29, 0.717) is 12.0 Å². The average molecular weight is 561 g/mol. The third kappa shape index (κ3) is 6.27. The van der Waals surface area contributed by atoms with Gasteiger partial charge in [-0.2, -0.15) is 0 Å². The molecular weight excluding hydrogens is 516 g/mol. The third-order valence-electron chi connectivity index (χ3n) is 8.70. The molecule has 0 aromatic heterocycles. The molecule has 3 amide bonds. The van der Waals surface area contributed by atoms with Gasteiger partial charge in [-0.15, -0.1) is 0 Å². The van der Waals surface area contributed by atoms with Gasteiger partial charge in [0.1, 0.15) is 18.1 Å². The SMILES string of the molecule is CC(C)CC1C(=O)NC(C2Cc3ccccc3C2)C(=O)N1C(C(=O)NC(C)C)c1ccc(N2CCC(O)CC2)cc1. The number of aliphatic hydroxyl groups is 1. The predicted molar refractivity (Wildman–Crippen MR) is 159 cm³/mol. The summed E-state index contributed by atoms with van der Waals surface area (Å²) in [7, 11) is 0. The Hall–Kier alpha value is -3.39. The molecule has 3 aliphatic rings. The van der Waals surface area contributed by atoms with Gasteiger partial charge in [-0.1, -0.05) is 50.2 Å². The minimum atomic E-state index is -0.928. The molecule has 2 fully saturated rings. The van der Waals surface area contributed by atoms with Gasteiger partial charge in [0.2, 0.25) is 17.7 Å². The van der Waals surface area contributed by atoms with Gasteiger partial charge in [0.05, 0.1) is 6.10 Å². The molecule has 8 heteroatoms. The Bertz CT molecular complexity index is 1230. The number of hydrogen-bond donors (Lipinski definition) is 3. The molecule has 220 valence electrons. The largest absolute Gasteiger partial charge is 0.393 e. The van der Waals surface area contributed by atoms with Gasteiger partial charge in [0.25, 0.3) is 0 Å². The number of anilines is 1. The topological polar surface area (TPSA) is 102 Å². The molecule has 0 saturated carbocycles. The number of fused-ring (bicyclic) bond motifs is 1. The summed E-state index contributed by atoms with van der Waals surface area (Å²) in [4.78, 5) is 45.9. The smallest absolute Gasteiger partial charge is 0.247 e. The van der Waals surface area contributed by atoms with E-state index in [1.807, 2.05) is 64.1 Å². The summed E-state index contributed by atoms with van der Waals surface area (Å²) in [5, 5.41) is 16.0. The summed E-state index contributed by atoms with van der Waals surface area (Å²) in [5.74, 6) is -0.564. The molecule has 5 rings (SSSR count). The van der Waals surface area contributed by atoms with Crippen LogP contribution in [0.15, 0.2) is 48.5 Å². The van der Waals surface area contributed by atoms with Crippen LogP contribution in [0, 0.1) is 11.8 Å². The normalized spacial score (nSPS) is 22.7. The molecule has 2 saturated heterocycles. The molecule has 41 heavy (non-hydrogen) atoms. The lowest BCUT2D eigenvalue weighted by Gasteiger charge is -2.45. The van der Waals surface area contributed by atoms with E-state index >= 15 is 0 Å². The van der Waals surface area contributed by atoms with Gasteiger partial charge in [-0.3, -0.25) is 14.4 Å². The molecule has 2 heterocycles. The molecule has 0 radical (unpaired) electrons. The zero-order chi connectivity index (χ0) is 29.3. The van der Waals surface area contributed by atoms with Crippen molar-refractivity contribution in [3.05, 3.63) is 65.2 Å². The fourth-order valence-electron chi connectivity index (χ4n) is 6.67. The summed E-state index contributed by atoms with van der Waals surface area (Å²) in [6.07, 6.45) is 3.10. The Balaban J connectivity index is 1.49. The fourth-order valence-corrected chi connectivity index (χ4v) is 6.67. The first-order valence-corrected chi connectivity index (χ1v) is 15.1. The van der Waals surface area contributed by atoms with E-state index in [2.05, 4.69) is 27.7 Å². The van der Waals surface area contributed by atoms with Crippen molar-refractivity contribution >= 4 is 23.4 Å². The lowest BCUT2D eigenvalue weighted by atomic mass is 9.88. The summed E-state index contributed by atoms with van der Waals surface area (Å²) in [5.41, 5.74) is 4.14. The van der Waals surface area contributed by atoms with Crippen LogP contribution >= 0.6 is 0 Å². The Morgan fingerprint density at radius 2 is 1.59 bits per heavy atom. The first-order chi connectivity index (χ1) is 19.6. The van der Waals surface area contributed by atoms with E-state index in [9.17, 15) is 19.5 Å². The number of piperazine rings is 1. The number of amides is 3. The Morgan fingerprint density at radius 1 is 0.976 bits per heavy atom. The molecule has 3 unspecified atom stereocenters. The number of carbonyl (C=O) groups excluding carboxylic acids is 3. The van der Waals surface area contributed by atoms with Crippen molar-refractivity contribution in [3.63, 3.8) is 0 Å². The van der Waals surface area contributed by atoms with E-state index in [1.54, 1.807) is 4.90 Å². The van der Waals surface area contributed by atoms with Crippen LogP contribution in [-0.4, -0.2) is 65.0 Å². The number of nitrogens with one attached hydrogen (secondary N) is 2. The second kappa shape index (κ2) is 12.2. The first-order valence-electron chi connectivity index (χ1n) is 15.1. The molecule has 2 aromatic rings. The lowest BCUT2D eigenvalue weighted by molar-refractivity contribution is -0.158. The van der Waals surface area contributed by atoms with Crippen LogP contribution in [0.25, 0.3) is 0 Å². The van der Waals surface area contributed by atoms with Gasteiger partial charge < -0.3 is 25.5 Å². The summed E-state index contributed by atoms with van der Waals surface area (Å²) in [6, 6.07) is 13.5. The number of hydrogen-bond acceptors (Lipinski definition) is 5. The number of benzene rings is 2. The van der Waals surface area contributed by atoms with Crippen LogP contribution < -0.4 is 15.5 Å². The highest BCUT2D eigenvalue weighted by Gasteiger charge is 2.49. The van der Waals surface area contributed by atoms with E-state index < -0.39 is 18.1 Å². The van der Waals surface area contributed by atoms with Crippen molar-refractivity contribution < 1.29 is 19.5 Å². The molecule has 2 aliphatic heterocycles. The van der Waals surface area contributed by atoms with Crippen molar-refractivity contribution in [2.75, 3.05) is 18.0 Å². The number of carbonyl (C=O) groups is 3. The number of rotatable bonds is 8. The third-order valence-corrected chi connectivity index (χ3v) is 8.70. The molecule has 0 bridgehead atoms. The Kier molecular flexibility index (Phi) is 8.68. The second-order valence-corrected chi connectivity index (χ2v) is 12.7.